The Balaban J connectivity index is 1.73. The number of aromatic nitrogens is 2. The summed E-state index contributed by atoms with van der Waals surface area (Å²) in [5.41, 5.74) is 4.99. The molecule has 0 fully saturated rings. The third kappa shape index (κ3) is 2.57. The van der Waals surface area contributed by atoms with Crippen LogP contribution in [0.5, 0.6) is 0 Å². The molecule has 0 atom stereocenters. The molecule has 126 valence electrons. The molecule has 0 aliphatic carbocycles. The predicted octanol–water partition coefficient (Wildman–Crippen LogP) is 4.60. The van der Waals surface area contributed by atoms with Crippen LogP contribution in [0.2, 0.25) is 5.02 Å². The molecule has 2 heterocycles. The summed E-state index contributed by atoms with van der Waals surface area (Å²) < 4.78 is 0. The van der Waals surface area contributed by atoms with Gasteiger partial charge in [-0.05, 0) is 49.2 Å². The van der Waals surface area contributed by atoms with Crippen molar-refractivity contribution in [1.82, 2.24) is 9.97 Å². The van der Waals surface area contributed by atoms with Crippen molar-refractivity contribution in [3.8, 4) is 0 Å². The van der Waals surface area contributed by atoms with E-state index in [1.165, 1.54) is 0 Å². The summed E-state index contributed by atoms with van der Waals surface area (Å²) in [7, 11) is 0. The van der Waals surface area contributed by atoms with E-state index in [0.29, 0.717) is 16.4 Å². The Morgan fingerprint density at radius 3 is 2.76 bits per heavy atom. The Morgan fingerprint density at radius 2 is 2.00 bits per heavy atom. The van der Waals surface area contributed by atoms with Gasteiger partial charge in [-0.3, -0.25) is 5.41 Å². The van der Waals surface area contributed by atoms with Gasteiger partial charge in [-0.15, -0.1) is 0 Å². The van der Waals surface area contributed by atoms with Crippen molar-refractivity contribution in [2.75, 3.05) is 11.4 Å². The molecule has 4 rings (SSSR count). The maximum Gasteiger partial charge on any atom is 0.145 e. The molecule has 6 heteroatoms. The highest BCUT2D eigenvalue weighted by Gasteiger charge is 2.31. The second-order valence-corrected chi connectivity index (χ2v) is 6.70. The second-order valence-electron chi connectivity index (χ2n) is 6.30. The van der Waals surface area contributed by atoms with Gasteiger partial charge in [-0.2, -0.15) is 0 Å². The van der Waals surface area contributed by atoms with E-state index in [1.807, 2.05) is 50.2 Å². The van der Waals surface area contributed by atoms with E-state index >= 15 is 0 Å². The summed E-state index contributed by atoms with van der Waals surface area (Å²) in [5, 5.41) is 19.6. The highest BCUT2D eigenvalue weighted by atomic mass is 35.5. The summed E-state index contributed by atoms with van der Waals surface area (Å²) in [5.74, 6) is 0.828. The first-order valence-electron chi connectivity index (χ1n) is 7.95. The molecular formula is C19H17ClN4O. The van der Waals surface area contributed by atoms with Crippen LogP contribution in [0, 0.1) is 19.3 Å². The number of nitrogens with one attached hydrogen (secondary N) is 2. The molecule has 0 bridgehead atoms. The largest absolute Gasteiger partial charge is 0.509 e. The zero-order valence-electron chi connectivity index (χ0n) is 13.9. The van der Waals surface area contributed by atoms with E-state index in [0.717, 1.165) is 27.8 Å². The van der Waals surface area contributed by atoms with E-state index in [1.54, 1.807) is 4.90 Å². The minimum Gasteiger partial charge on any atom is -0.509 e. The lowest BCUT2D eigenvalue weighted by atomic mass is 10.2. The number of amidine groups is 1. The SMILES string of the molecule is Cc1ccc2nc(C3=C(O)CN(c4ccc(C)c(Cl)c4)C3=N)[nH]c2c1. The molecule has 0 saturated heterocycles. The molecule has 1 aliphatic heterocycles. The smallest absolute Gasteiger partial charge is 0.145 e. The first-order chi connectivity index (χ1) is 11.9. The van der Waals surface area contributed by atoms with Gasteiger partial charge in [-0.1, -0.05) is 23.7 Å². The zero-order valence-corrected chi connectivity index (χ0v) is 14.6. The van der Waals surface area contributed by atoms with Crippen molar-refractivity contribution in [3.05, 3.63) is 64.1 Å². The molecule has 5 nitrogen and oxygen atoms in total. The summed E-state index contributed by atoms with van der Waals surface area (Å²) >= 11 is 6.21. The molecule has 0 saturated carbocycles. The van der Waals surface area contributed by atoms with Crippen molar-refractivity contribution < 1.29 is 5.11 Å². The average molecular weight is 353 g/mol. The van der Waals surface area contributed by atoms with Gasteiger partial charge in [0.25, 0.3) is 0 Å². The zero-order chi connectivity index (χ0) is 17.7. The number of aliphatic hydroxyl groups excluding tert-OH is 1. The fraction of sp³-hybridized carbons (Fsp3) is 0.158. The summed E-state index contributed by atoms with van der Waals surface area (Å²) in [6.07, 6.45) is 0. The molecule has 1 aliphatic rings. The van der Waals surface area contributed by atoms with Crippen molar-refractivity contribution in [2.24, 2.45) is 0 Å². The highest BCUT2D eigenvalue weighted by Crippen LogP contribution is 2.32. The van der Waals surface area contributed by atoms with Crippen molar-refractivity contribution >= 4 is 39.7 Å². The standard InChI is InChI=1S/C19H17ClN4O/c1-10-3-6-14-15(7-10)23-19(22-14)17-16(25)9-24(18(17)21)12-5-4-11(2)13(20)8-12/h3-8,21,25H,9H2,1-2H3,(H,22,23). The maximum atomic E-state index is 10.5. The van der Waals surface area contributed by atoms with Gasteiger partial charge in [0.2, 0.25) is 0 Å². The summed E-state index contributed by atoms with van der Waals surface area (Å²) in [4.78, 5) is 9.46. The number of nitrogens with zero attached hydrogens (tertiary/aromatic N) is 2. The van der Waals surface area contributed by atoms with E-state index in [9.17, 15) is 5.11 Å². The number of hydrogen-bond acceptors (Lipinski definition) is 3. The van der Waals surface area contributed by atoms with E-state index in [2.05, 4.69) is 9.97 Å². The first-order valence-corrected chi connectivity index (χ1v) is 8.33. The number of aryl methyl sites for hydroxylation is 2. The molecule has 1 aromatic heterocycles. The third-order valence-corrected chi connectivity index (χ3v) is 4.85. The average Bonchev–Trinajstić information content (AvgIpc) is 3.10. The van der Waals surface area contributed by atoms with Crippen LogP contribution in [0.4, 0.5) is 5.69 Å². The molecule has 3 aromatic rings. The number of rotatable bonds is 2. The number of fused-ring (bicyclic) bond motifs is 1. The maximum absolute atomic E-state index is 10.5. The van der Waals surface area contributed by atoms with Crippen LogP contribution >= 0.6 is 11.6 Å². The van der Waals surface area contributed by atoms with Gasteiger partial charge in [0.05, 0.1) is 23.2 Å². The van der Waals surface area contributed by atoms with Gasteiger partial charge >= 0.3 is 0 Å². The molecule has 3 N–H and O–H groups in total. The van der Waals surface area contributed by atoms with E-state index in [-0.39, 0.29) is 18.1 Å². The quantitative estimate of drug-likeness (QED) is 0.630. The van der Waals surface area contributed by atoms with Gasteiger partial charge in [-0.25, -0.2) is 4.98 Å². The van der Waals surface area contributed by atoms with Crippen LogP contribution in [-0.4, -0.2) is 27.5 Å². The van der Waals surface area contributed by atoms with Crippen LogP contribution in [0.3, 0.4) is 0 Å². The number of imidazole rings is 1. The lowest BCUT2D eigenvalue weighted by Gasteiger charge is -2.19. The van der Waals surface area contributed by atoms with Gasteiger partial charge in [0.15, 0.2) is 0 Å². The topological polar surface area (TPSA) is 76.0 Å². The fourth-order valence-electron chi connectivity index (χ4n) is 3.04. The predicted molar refractivity (Wildman–Crippen MR) is 102 cm³/mol. The molecule has 0 unspecified atom stereocenters. The Hall–Kier alpha value is -2.79. The second kappa shape index (κ2) is 5.63. The Kier molecular flexibility index (Phi) is 3.54. The van der Waals surface area contributed by atoms with Crippen LogP contribution in [0.25, 0.3) is 16.6 Å². The molecular weight excluding hydrogens is 336 g/mol. The van der Waals surface area contributed by atoms with Gasteiger partial charge < -0.3 is 15.0 Å². The number of aromatic amines is 1. The third-order valence-electron chi connectivity index (χ3n) is 4.44. The monoisotopic (exact) mass is 352 g/mol. The summed E-state index contributed by atoms with van der Waals surface area (Å²) in [6.45, 7) is 4.17. The van der Waals surface area contributed by atoms with Crippen LogP contribution < -0.4 is 4.90 Å². The number of aliphatic hydroxyl groups is 1. The van der Waals surface area contributed by atoms with Crippen LogP contribution in [0.1, 0.15) is 17.0 Å². The normalized spacial score (nSPS) is 14.8. The minimum atomic E-state index is 0.123. The number of H-pyrrole nitrogens is 1. The minimum absolute atomic E-state index is 0.123. The molecule has 0 spiro atoms. The summed E-state index contributed by atoms with van der Waals surface area (Å²) in [6, 6.07) is 11.5. The van der Waals surface area contributed by atoms with Crippen molar-refractivity contribution in [1.29, 1.82) is 5.41 Å². The van der Waals surface area contributed by atoms with E-state index < -0.39 is 0 Å². The Labute approximate surface area is 150 Å². The van der Waals surface area contributed by atoms with E-state index in [4.69, 9.17) is 17.0 Å². The lowest BCUT2D eigenvalue weighted by Crippen LogP contribution is -2.26. The van der Waals surface area contributed by atoms with Crippen LogP contribution in [0.15, 0.2) is 42.2 Å². The number of benzene rings is 2. The van der Waals surface area contributed by atoms with Crippen molar-refractivity contribution in [3.63, 3.8) is 0 Å². The highest BCUT2D eigenvalue weighted by molar-refractivity contribution is 6.33. The number of halogens is 1. The molecule has 2 aromatic carbocycles. The number of hydrogen-bond donors (Lipinski definition) is 3. The Bertz CT molecular complexity index is 1050. The van der Waals surface area contributed by atoms with Crippen LogP contribution in [-0.2, 0) is 0 Å². The molecule has 0 amide bonds. The lowest BCUT2D eigenvalue weighted by molar-refractivity contribution is 0.411. The Morgan fingerprint density at radius 1 is 1.20 bits per heavy atom. The number of anilines is 1. The van der Waals surface area contributed by atoms with Crippen molar-refractivity contribution in [2.45, 2.75) is 13.8 Å². The molecule has 0 radical (unpaired) electrons. The van der Waals surface area contributed by atoms with Gasteiger partial charge in [0.1, 0.15) is 17.4 Å². The van der Waals surface area contributed by atoms with Gasteiger partial charge in [0, 0.05) is 10.7 Å². The first kappa shape index (κ1) is 15.7. The fourth-order valence-corrected chi connectivity index (χ4v) is 3.22. The molecule has 25 heavy (non-hydrogen) atoms.